The molecule has 1 aromatic heterocycles. The Hall–Kier alpha value is -1.55. The number of primary amides is 1. The Bertz CT molecular complexity index is 422. The van der Waals surface area contributed by atoms with Gasteiger partial charge in [0.2, 0.25) is 5.82 Å². The van der Waals surface area contributed by atoms with E-state index < -0.39 is 37.1 Å². The molecule has 1 aliphatic heterocycles. The predicted molar refractivity (Wildman–Crippen MR) is 51.5 cm³/mol. The number of carbonyl (C=O) groups is 1. The molecular formula is C8H12N4O5. The second-order valence-electron chi connectivity index (χ2n) is 3.62. The van der Waals surface area contributed by atoms with Crippen LogP contribution in [0, 0.1) is 0 Å². The Kier molecular flexibility index (Phi) is 3.07. The van der Waals surface area contributed by atoms with E-state index in [0.717, 1.165) is 11.0 Å². The largest absolute Gasteiger partial charge is 0.394 e. The first-order chi connectivity index (χ1) is 8.06. The molecule has 2 heterocycles. The summed E-state index contributed by atoms with van der Waals surface area (Å²) in [7, 11) is 0. The fourth-order valence-electron chi connectivity index (χ4n) is 1.69. The van der Waals surface area contributed by atoms with Gasteiger partial charge in [0.25, 0.3) is 5.91 Å². The Morgan fingerprint density at radius 2 is 2.24 bits per heavy atom. The number of ether oxygens (including phenoxy) is 1. The Morgan fingerprint density at radius 1 is 1.53 bits per heavy atom. The third-order valence-corrected chi connectivity index (χ3v) is 2.55. The number of hydrogen-bond donors (Lipinski definition) is 4. The molecule has 9 nitrogen and oxygen atoms in total. The van der Waals surface area contributed by atoms with Gasteiger partial charge in [0.15, 0.2) is 6.23 Å². The Balaban J connectivity index is 2.29. The minimum absolute atomic E-state index is 0.195. The van der Waals surface area contributed by atoms with Gasteiger partial charge in [-0.15, -0.1) is 0 Å². The van der Waals surface area contributed by atoms with Crippen LogP contribution in [0.3, 0.4) is 0 Å². The van der Waals surface area contributed by atoms with Crippen molar-refractivity contribution < 1.29 is 24.9 Å². The summed E-state index contributed by atoms with van der Waals surface area (Å²) in [6.07, 6.45) is -3.57. The van der Waals surface area contributed by atoms with Crippen LogP contribution in [0.15, 0.2) is 6.33 Å². The lowest BCUT2D eigenvalue weighted by atomic mass is 10.1. The molecule has 0 unspecified atom stereocenters. The van der Waals surface area contributed by atoms with Gasteiger partial charge in [0.1, 0.15) is 24.6 Å². The third kappa shape index (κ3) is 1.89. The van der Waals surface area contributed by atoms with Crippen molar-refractivity contribution in [3.05, 3.63) is 12.2 Å². The van der Waals surface area contributed by atoms with Crippen molar-refractivity contribution in [2.75, 3.05) is 6.61 Å². The van der Waals surface area contributed by atoms with E-state index in [4.69, 9.17) is 15.6 Å². The summed E-state index contributed by atoms with van der Waals surface area (Å²) in [5.41, 5.74) is 5.06. The average molecular weight is 244 g/mol. The zero-order valence-electron chi connectivity index (χ0n) is 8.67. The molecule has 9 heteroatoms. The lowest BCUT2D eigenvalue weighted by Crippen LogP contribution is -2.34. The molecule has 0 spiro atoms. The van der Waals surface area contributed by atoms with Crippen LogP contribution >= 0.6 is 0 Å². The molecule has 1 aliphatic rings. The lowest BCUT2D eigenvalue weighted by Gasteiger charge is -2.15. The van der Waals surface area contributed by atoms with E-state index in [1.165, 1.54) is 0 Å². The number of aliphatic hydroxyl groups is 3. The van der Waals surface area contributed by atoms with Gasteiger partial charge in [-0.05, 0) is 0 Å². The number of nitrogens with two attached hydrogens (primary N) is 1. The highest BCUT2D eigenvalue weighted by molar-refractivity contribution is 5.88. The molecule has 1 saturated heterocycles. The maximum atomic E-state index is 11.0. The van der Waals surface area contributed by atoms with Crippen molar-refractivity contribution in [2.24, 2.45) is 5.73 Å². The number of carbonyl (C=O) groups excluding carboxylic acids is 1. The van der Waals surface area contributed by atoms with Gasteiger partial charge in [-0.2, -0.15) is 5.10 Å². The predicted octanol–water partition coefficient (Wildman–Crippen LogP) is -3.01. The molecular weight excluding hydrogens is 232 g/mol. The third-order valence-electron chi connectivity index (χ3n) is 2.55. The van der Waals surface area contributed by atoms with Crippen molar-refractivity contribution in [2.45, 2.75) is 24.5 Å². The minimum Gasteiger partial charge on any atom is -0.394 e. The quantitative estimate of drug-likeness (QED) is 0.443. The van der Waals surface area contributed by atoms with Gasteiger partial charge < -0.3 is 25.8 Å². The van der Waals surface area contributed by atoms with E-state index in [9.17, 15) is 15.0 Å². The Morgan fingerprint density at radius 3 is 2.76 bits per heavy atom. The van der Waals surface area contributed by atoms with Crippen LogP contribution in [-0.4, -0.2) is 60.9 Å². The molecule has 0 aromatic carbocycles. The van der Waals surface area contributed by atoms with Crippen LogP contribution < -0.4 is 5.73 Å². The number of rotatable bonds is 3. The van der Waals surface area contributed by atoms with Gasteiger partial charge in [0.05, 0.1) is 6.61 Å². The summed E-state index contributed by atoms with van der Waals surface area (Å²) in [6.45, 7) is -0.463. The van der Waals surface area contributed by atoms with Gasteiger partial charge >= 0.3 is 0 Å². The molecule has 94 valence electrons. The molecule has 0 saturated carbocycles. The number of amides is 1. The van der Waals surface area contributed by atoms with E-state index in [-0.39, 0.29) is 5.82 Å². The highest BCUT2D eigenvalue weighted by atomic mass is 16.6. The first-order valence-corrected chi connectivity index (χ1v) is 4.88. The molecule has 0 aliphatic carbocycles. The second kappa shape index (κ2) is 4.37. The van der Waals surface area contributed by atoms with Crippen LogP contribution in [0.4, 0.5) is 0 Å². The molecule has 5 N–H and O–H groups in total. The van der Waals surface area contributed by atoms with Crippen molar-refractivity contribution in [1.82, 2.24) is 14.8 Å². The fourth-order valence-corrected chi connectivity index (χ4v) is 1.69. The zero-order chi connectivity index (χ0) is 12.6. The molecule has 1 aromatic rings. The van der Waals surface area contributed by atoms with E-state index in [1.54, 1.807) is 0 Å². The van der Waals surface area contributed by atoms with E-state index >= 15 is 0 Å². The van der Waals surface area contributed by atoms with Crippen molar-refractivity contribution in [3.8, 4) is 0 Å². The summed E-state index contributed by atoms with van der Waals surface area (Å²) in [4.78, 5) is 14.6. The average Bonchev–Trinajstić information content (AvgIpc) is 2.86. The van der Waals surface area contributed by atoms with Crippen molar-refractivity contribution in [1.29, 1.82) is 0 Å². The van der Waals surface area contributed by atoms with Gasteiger partial charge in [-0.25, -0.2) is 9.67 Å². The minimum atomic E-state index is -1.33. The highest BCUT2D eigenvalue weighted by Crippen LogP contribution is 2.29. The highest BCUT2D eigenvalue weighted by Gasteiger charge is 2.44. The van der Waals surface area contributed by atoms with Crippen LogP contribution in [-0.2, 0) is 4.74 Å². The monoisotopic (exact) mass is 244 g/mol. The van der Waals surface area contributed by atoms with Crippen LogP contribution in [0.1, 0.15) is 16.8 Å². The smallest absolute Gasteiger partial charge is 0.286 e. The normalized spacial score (nSPS) is 32.9. The van der Waals surface area contributed by atoms with Crippen LogP contribution in [0.25, 0.3) is 0 Å². The molecule has 17 heavy (non-hydrogen) atoms. The van der Waals surface area contributed by atoms with Crippen molar-refractivity contribution in [3.63, 3.8) is 0 Å². The molecule has 1 fully saturated rings. The topological polar surface area (TPSA) is 144 Å². The summed E-state index contributed by atoms with van der Waals surface area (Å²) in [6, 6.07) is 0. The van der Waals surface area contributed by atoms with Crippen LogP contribution in [0.5, 0.6) is 0 Å². The molecule has 4 atom stereocenters. The van der Waals surface area contributed by atoms with E-state index in [0.29, 0.717) is 0 Å². The maximum Gasteiger partial charge on any atom is 0.286 e. The number of aromatic nitrogens is 3. The molecule has 0 radical (unpaired) electrons. The summed E-state index contributed by atoms with van der Waals surface area (Å²) < 4.78 is 6.15. The Labute approximate surface area is 95.4 Å². The number of aliphatic hydroxyl groups excluding tert-OH is 3. The molecule has 1 amide bonds. The summed E-state index contributed by atoms with van der Waals surface area (Å²) in [5, 5.41) is 31.9. The zero-order valence-corrected chi connectivity index (χ0v) is 8.67. The fraction of sp³-hybridized carbons (Fsp3) is 0.625. The van der Waals surface area contributed by atoms with Crippen molar-refractivity contribution >= 4 is 5.91 Å². The van der Waals surface area contributed by atoms with Crippen LogP contribution in [0.2, 0.25) is 0 Å². The number of nitrogens with zero attached hydrogens (tertiary/aromatic N) is 3. The lowest BCUT2D eigenvalue weighted by molar-refractivity contribution is -0.0595. The summed E-state index contributed by atoms with van der Waals surface area (Å²) >= 11 is 0. The molecule has 2 rings (SSSR count). The first-order valence-electron chi connectivity index (χ1n) is 4.88. The van der Waals surface area contributed by atoms with Gasteiger partial charge in [-0.1, -0.05) is 0 Å². The van der Waals surface area contributed by atoms with E-state index in [1.807, 2.05) is 0 Å². The van der Waals surface area contributed by atoms with E-state index in [2.05, 4.69) is 10.1 Å². The maximum absolute atomic E-state index is 11.0. The summed E-state index contributed by atoms with van der Waals surface area (Å²) in [5.74, 6) is -1.03. The SMILES string of the molecule is NC(=O)c1ncnn1[C@H]1O[C@@H](CO)[C@H](O)[C@@H]1O. The second-order valence-corrected chi connectivity index (χ2v) is 3.62. The first kappa shape index (κ1) is 11.9. The van der Waals surface area contributed by atoms with Gasteiger partial charge in [0, 0.05) is 0 Å². The van der Waals surface area contributed by atoms with Gasteiger partial charge in [-0.3, -0.25) is 4.79 Å². The molecule has 0 bridgehead atoms. The number of hydrogen-bond acceptors (Lipinski definition) is 7. The standard InChI is InChI=1S/C8H12N4O5/c9-6(16)7-10-2-11-12(7)8-5(15)4(14)3(1-13)17-8/h2-5,8,13-15H,1H2,(H2,9,16)/t3-,4-,5-,8-/m0/s1.